The van der Waals surface area contributed by atoms with Gasteiger partial charge in [-0.25, -0.2) is 8.42 Å². The minimum atomic E-state index is -3.95. The minimum absolute atomic E-state index is 0.0437. The van der Waals surface area contributed by atoms with E-state index in [1.165, 1.54) is 12.1 Å². The first kappa shape index (κ1) is 23.7. The number of pyridine rings is 1. The highest BCUT2D eigenvalue weighted by atomic mass is 79.9. The van der Waals surface area contributed by atoms with Crippen LogP contribution in [0.3, 0.4) is 0 Å². The zero-order valence-corrected chi connectivity index (χ0v) is 20.0. The molecule has 10 heteroatoms. The van der Waals surface area contributed by atoms with Crippen molar-refractivity contribution < 1.29 is 13.2 Å². The van der Waals surface area contributed by atoms with Crippen LogP contribution in [0.2, 0.25) is 10.0 Å². The molecule has 0 saturated heterocycles. The van der Waals surface area contributed by atoms with Crippen LogP contribution in [0.15, 0.2) is 76.4 Å². The second-order valence-corrected chi connectivity index (χ2v) is 10.3. The number of benzene rings is 2. The van der Waals surface area contributed by atoms with Gasteiger partial charge in [0.05, 0.1) is 21.5 Å². The summed E-state index contributed by atoms with van der Waals surface area (Å²) in [4.78, 5) is 16.6. The summed E-state index contributed by atoms with van der Waals surface area (Å²) in [6.45, 7) is -0.137. The lowest BCUT2D eigenvalue weighted by molar-refractivity contribution is -0.121. The van der Waals surface area contributed by atoms with Crippen LogP contribution in [0.4, 0.5) is 0 Å². The van der Waals surface area contributed by atoms with Gasteiger partial charge in [0.25, 0.3) is 0 Å². The molecule has 0 aliphatic heterocycles. The average molecular weight is 543 g/mol. The van der Waals surface area contributed by atoms with Gasteiger partial charge >= 0.3 is 0 Å². The van der Waals surface area contributed by atoms with Crippen LogP contribution in [-0.4, -0.2) is 30.2 Å². The van der Waals surface area contributed by atoms with Crippen LogP contribution in [0.5, 0.6) is 0 Å². The van der Waals surface area contributed by atoms with Crippen LogP contribution >= 0.6 is 39.1 Å². The molecule has 1 N–H and O–H groups in total. The molecular weight excluding hydrogens is 525 g/mol. The smallest absolute Gasteiger partial charge is 0.243 e. The topological polar surface area (TPSA) is 79.4 Å². The number of halogens is 3. The molecule has 1 heterocycles. The Kier molecular flexibility index (Phi) is 8.07. The summed E-state index contributed by atoms with van der Waals surface area (Å²) < 4.78 is 28.4. The van der Waals surface area contributed by atoms with E-state index < -0.39 is 15.9 Å². The van der Waals surface area contributed by atoms with Crippen molar-refractivity contribution in [3.63, 3.8) is 0 Å². The van der Waals surface area contributed by atoms with Crippen molar-refractivity contribution >= 4 is 55.1 Å². The number of amides is 1. The van der Waals surface area contributed by atoms with E-state index in [1.54, 1.807) is 54.9 Å². The standard InChI is InChI=1S/C21H18BrCl2N3O3S/c22-17-2-4-18(5-3-17)31(29,30)27(13-16-1-6-19(23)20(24)11-16)14-21(28)26-12-15-7-9-25-10-8-15/h1-11H,12-14H2,(H,26,28). The maximum atomic E-state index is 13.3. The number of nitrogens with one attached hydrogen (secondary N) is 1. The highest BCUT2D eigenvalue weighted by Gasteiger charge is 2.27. The maximum Gasteiger partial charge on any atom is 0.243 e. The van der Waals surface area contributed by atoms with E-state index >= 15 is 0 Å². The quantitative estimate of drug-likeness (QED) is 0.449. The Balaban J connectivity index is 1.83. The van der Waals surface area contributed by atoms with Crippen LogP contribution in [0, 0.1) is 0 Å². The van der Waals surface area contributed by atoms with Crippen molar-refractivity contribution in [2.45, 2.75) is 18.0 Å². The average Bonchev–Trinajstić information content (AvgIpc) is 2.75. The number of rotatable bonds is 8. The molecule has 1 amide bonds. The Morgan fingerprint density at radius 3 is 2.29 bits per heavy atom. The summed E-state index contributed by atoms with van der Waals surface area (Å²) in [5.41, 5.74) is 1.46. The summed E-state index contributed by atoms with van der Waals surface area (Å²) >= 11 is 15.3. The summed E-state index contributed by atoms with van der Waals surface area (Å²) in [5.74, 6) is -0.433. The number of aromatic nitrogens is 1. The Morgan fingerprint density at radius 2 is 1.65 bits per heavy atom. The van der Waals surface area contributed by atoms with Crippen LogP contribution in [0.1, 0.15) is 11.1 Å². The molecule has 0 spiro atoms. The number of carbonyl (C=O) groups excluding carboxylic acids is 1. The van der Waals surface area contributed by atoms with E-state index in [2.05, 4.69) is 26.2 Å². The van der Waals surface area contributed by atoms with E-state index in [9.17, 15) is 13.2 Å². The first-order chi connectivity index (χ1) is 14.8. The molecule has 2 aromatic carbocycles. The normalized spacial score (nSPS) is 11.5. The zero-order chi connectivity index (χ0) is 22.4. The van der Waals surface area contributed by atoms with Crippen molar-refractivity contribution in [2.24, 2.45) is 0 Å². The highest BCUT2D eigenvalue weighted by Crippen LogP contribution is 2.25. The van der Waals surface area contributed by atoms with Gasteiger partial charge in [-0.15, -0.1) is 0 Å². The van der Waals surface area contributed by atoms with E-state index in [0.717, 1.165) is 14.3 Å². The van der Waals surface area contributed by atoms with Crippen LogP contribution in [-0.2, 0) is 27.9 Å². The van der Waals surface area contributed by atoms with E-state index in [-0.39, 0.29) is 24.5 Å². The van der Waals surface area contributed by atoms with E-state index in [1.807, 2.05) is 0 Å². The van der Waals surface area contributed by atoms with E-state index in [0.29, 0.717) is 15.6 Å². The largest absolute Gasteiger partial charge is 0.351 e. The third-order valence-electron chi connectivity index (χ3n) is 4.35. The van der Waals surface area contributed by atoms with Crippen molar-refractivity contribution in [1.29, 1.82) is 0 Å². The lowest BCUT2D eigenvalue weighted by Crippen LogP contribution is -2.40. The lowest BCUT2D eigenvalue weighted by atomic mass is 10.2. The molecule has 31 heavy (non-hydrogen) atoms. The minimum Gasteiger partial charge on any atom is -0.351 e. The number of nitrogens with zero attached hydrogens (tertiary/aromatic N) is 2. The monoisotopic (exact) mass is 541 g/mol. The SMILES string of the molecule is O=C(CN(Cc1ccc(Cl)c(Cl)c1)S(=O)(=O)c1ccc(Br)cc1)NCc1ccncc1. The van der Waals surface area contributed by atoms with Crippen LogP contribution in [0.25, 0.3) is 0 Å². The fourth-order valence-electron chi connectivity index (χ4n) is 2.74. The van der Waals surface area contributed by atoms with Gasteiger partial charge in [-0.2, -0.15) is 4.31 Å². The fraction of sp³-hybridized carbons (Fsp3) is 0.143. The molecule has 0 aliphatic carbocycles. The predicted octanol–water partition coefficient (Wildman–Crippen LogP) is 4.66. The van der Waals surface area contributed by atoms with Crippen molar-refractivity contribution in [2.75, 3.05) is 6.54 Å². The molecule has 1 aromatic heterocycles. The summed E-state index contributed by atoms with van der Waals surface area (Å²) in [6.07, 6.45) is 3.24. The van der Waals surface area contributed by atoms with Gasteiger partial charge in [0, 0.05) is 30.0 Å². The Labute approximate surface area is 199 Å². The van der Waals surface area contributed by atoms with Gasteiger partial charge < -0.3 is 5.32 Å². The molecule has 0 radical (unpaired) electrons. The van der Waals surface area contributed by atoms with Crippen molar-refractivity contribution in [3.8, 4) is 0 Å². The number of carbonyl (C=O) groups is 1. The van der Waals surface area contributed by atoms with Gasteiger partial charge in [-0.3, -0.25) is 9.78 Å². The molecular formula is C21H18BrCl2N3O3S. The predicted molar refractivity (Wildman–Crippen MR) is 124 cm³/mol. The molecule has 0 saturated carbocycles. The summed E-state index contributed by atoms with van der Waals surface area (Å²) in [7, 11) is -3.95. The summed E-state index contributed by atoms with van der Waals surface area (Å²) in [5, 5.41) is 3.41. The van der Waals surface area contributed by atoms with Gasteiger partial charge in [-0.1, -0.05) is 45.2 Å². The number of hydrogen-bond acceptors (Lipinski definition) is 4. The highest BCUT2D eigenvalue weighted by molar-refractivity contribution is 9.10. The molecule has 6 nitrogen and oxygen atoms in total. The molecule has 3 rings (SSSR count). The molecule has 0 unspecified atom stereocenters. The second-order valence-electron chi connectivity index (χ2n) is 6.61. The third-order valence-corrected chi connectivity index (χ3v) is 7.43. The molecule has 0 bridgehead atoms. The second kappa shape index (κ2) is 10.6. The van der Waals surface area contributed by atoms with Crippen molar-refractivity contribution in [3.05, 3.63) is 92.6 Å². The third kappa shape index (κ3) is 6.51. The molecule has 0 fully saturated rings. The van der Waals surface area contributed by atoms with Crippen molar-refractivity contribution in [1.82, 2.24) is 14.6 Å². The fourth-order valence-corrected chi connectivity index (χ4v) is 4.71. The molecule has 0 atom stereocenters. The summed E-state index contributed by atoms with van der Waals surface area (Å²) in [6, 6.07) is 14.6. The molecule has 162 valence electrons. The zero-order valence-electron chi connectivity index (χ0n) is 16.1. The Bertz CT molecular complexity index is 1160. The van der Waals surface area contributed by atoms with Crippen LogP contribution < -0.4 is 5.32 Å². The number of sulfonamides is 1. The Morgan fingerprint density at radius 1 is 0.968 bits per heavy atom. The molecule has 0 aliphatic rings. The Hall–Kier alpha value is -1.97. The lowest BCUT2D eigenvalue weighted by Gasteiger charge is -2.22. The molecule has 3 aromatic rings. The van der Waals surface area contributed by atoms with E-state index in [4.69, 9.17) is 23.2 Å². The maximum absolute atomic E-state index is 13.3. The first-order valence-electron chi connectivity index (χ1n) is 9.11. The number of hydrogen-bond donors (Lipinski definition) is 1. The first-order valence-corrected chi connectivity index (χ1v) is 12.1. The van der Waals surface area contributed by atoms with Gasteiger partial charge in [0.2, 0.25) is 15.9 Å². The van der Waals surface area contributed by atoms with Gasteiger partial charge in [0.1, 0.15) is 0 Å². The van der Waals surface area contributed by atoms with Gasteiger partial charge in [0.15, 0.2) is 0 Å². The van der Waals surface area contributed by atoms with Gasteiger partial charge in [-0.05, 0) is 59.7 Å².